The van der Waals surface area contributed by atoms with Crippen LogP contribution < -0.4 is 10.9 Å². The van der Waals surface area contributed by atoms with E-state index in [1.54, 1.807) is 37.5 Å². The van der Waals surface area contributed by atoms with E-state index in [0.717, 1.165) is 0 Å². The van der Waals surface area contributed by atoms with E-state index in [1.807, 2.05) is 0 Å². The zero-order chi connectivity index (χ0) is 15.2. The molecule has 0 atom stereocenters. The highest BCUT2D eigenvalue weighted by atomic mass is 19.1. The summed E-state index contributed by atoms with van der Waals surface area (Å²) in [5.41, 5.74) is -0.0628. The molecule has 1 aromatic carbocycles. The van der Waals surface area contributed by atoms with Gasteiger partial charge < -0.3 is 9.88 Å². The maximum Gasteiger partial charge on any atom is 0.263 e. The van der Waals surface area contributed by atoms with E-state index >= 15 is 0 Å². The van der Waals surface area contributed by atoms with Gasteiger partial charge in [-0.25, -0.2) is 4.39 Å². The first-order valence-electron chi connectivity index (χ1n) is 6.27. The fraction of sp³-hybridized carbons (Fsp3) is 0.125. The minimum atomic E-state index is -0.501. The van der Waals surface area contributed by atoms with Crippen LogP contribution in [0.4, 0.5) is 4.39 Å². The number of benzene rings is 1. The van der Waals surface area contributed by atoms with Gasteiger partial charge in [0.05, 0.1) is 12.1 Å². The molecule has 0 aliphatic rings. The van der Waals surface area contributed by atoms with E-state index in [2.05, 4.69) is 17.2 Å². The summed E-state index contributed by atoms with van der Waals surface area (Å²) in [4.78, 5) is 23.6. The molecule has 1 heterocycles. The smallest absolute Gasteiger partial charge is 0.263 e. The fourth-order valence-corrected chi connectivity index (χ4v) is 1.69. The maximum absolute atomic E-state index is 13.3. The van der Waals surface area contributed by atoms with Gasteiger partial charge in [-0.15, -0.1) is 0 Å². The van der Waals surface area contributed by atoms with Crippen molar-refractivity contribution in [3.63, 3.8) is 0 Å². The third kappa shape index (κ3) is 3.57. The number of halogens is 1. The number of carbonyl (C=O) groups is 1. The van der Waals surface area contributed by atoms with Crippen LogP contribution in [0.15, 0.2) is 47.4 Å². The molecule has 0 radical (unpaired) electrons. The summed E-state index contributed by atoms with van der Waals surface area (Å²) in [5, 5.41) is 2.51. The number of pyridine rings is 1. The summed E-state index contributed by atoms with van der Waals surface area (Å²) in [6.07, 6.45) is 1.57. The molecule has 0 aliphatic carbocycles. The molecule has 0 saturated carbocycles. The highest BCUT2D eigenvalue weighted by molar-refractivity contribution is 5.93. The first-order valence-corrected chi connectivity index (χ1v) is 6.27. The molecule has 106 valence electrons. The average Bonchev–Trinajstić information content (AvgIpc) is 2.48. The highest BCUT2D eigenvalue weighted by Gasteiger charge is 2.09. The molecule has 0 bridgehead atoms. The first kappa shape index (κ1) is 14.5. The number of aryl methyl sites for hydroxylation is 1. The van der Waals surface area contributed by atoms with Crippen LogP contribution in [0.25, 0.3) is 0 Å². The molecule has 1 amide bonds. The van der Waals surface area contributed by atoms with Crippen molar-refractivity contribution in [2.45, 2.75) is 0 Å². The van der Waals surface area contributed by atoms with E-state index in [0.29, 0.717) is 0 Å². The molecule has 21 heavy (non-hydrogen) atoms. The Balaban J connectivity index is 2.02. The number of nitrogens with zero attached hydrogens (tertiary/aromatic N) is 1. The minimum Gasteiger partial charge on any atom is -0.341 e. The molecule has 2 aromatic rings. The summed E-state index contributed by atoms with van der Waals surface area (Å²) in [6, 6.07) is 9.18. The molecule has 0 spiro atoms. The molecule has 1 N–H and O–H groups in total. The molecule has 0 fully saturated rings. The minimum absolute atomic E-state index is 0.0330. The lowest BCUT2D eigenvalue weighted by Gasteiger charge is -2.02. The second-order valence-electron chi connectivity index (χ2n) is 4.30. The Morgan fingerprint density at radius 1 is 1.29 bits per heavy atom. The average molecular weight is 284 g/mol. The van der Waals surface area contributed by atoms with Crippen LogP contribution in [-0.4, -0.2) is 17.0 Å². The first-order chi connectivity index (χ1) is 10.1. The van der Waals surface area contributed by atoms with Crippen molar-refractivity contribution in [2.24, 2.45) is 7.05 Å². The molecular formula is C16H13FN2O2. The number of rotatable bonds is 2. The van der Waals surface area contributed by atoms with Crippen LogP contribution in [0.5, 0.6) is 0 Å². The largest absolute Gasteiger partial charge is 0.341 e. The fourth-order valence-electron chi connectivity index (χ4n) is 1.69. The third-order valence-corrected chi connectivity index (χ3v) is 2.80. The molecule has 0 aliphatic heterocycles. The number of carbonyl (C=O) groups excluding carboxylic acids is 1. The molecule has 0 saturated heterocycles. The van der Waals surface area contributed by atoms with E-state index in [9.17, 15) is 14.0 Å². The molecule has 1 aromatic heterocycles. The second kappa shape index (κ2) is 6.53. The second-order valence-corrected chi connectivity index (χ2v) is 4.30. The quantitative estimate of drug-likeness (QED) is 0.845. The van der Waals surface area contributed by atoms with Crippen molar-refractivity contribution in [1.29, 1.82) is 0 Å². The van der Waals surface area contributed by atoms with Crippen molar-refractivity contribution >= 4 is 5.91 Å². The van der Waals surface area contributed by atoms with E-state index < -0.39 is 11.7 Å². The predicted molar refractivity (Wildman–Crippen MR) is 77.3 cm³/mol. The van der Waals surface area contributed by atoms with E-state index in [-0.39, 0.29) is 23.2 Å². The zero-order valence-corrected chi connectivity index (χ0v) is 11.4. The summed E-state index contributed by atoms with van der Waals surface area (Å²) >= 11 is 0. The monoisotopic (exact) mass is 284 g/mol. The molecule has 4 nitrogen and oxygen atoms in total. The van der Waals surface area contributed by atoms with Gasteiger partial charge in [0.1, 0.15) is 11.4 Å². The number of amides is 1. The third-order valence-electron chi connectivity index (χ3n) is 2.80. The lowest BCUT2D eigenvalue weighted by molar-refractivity contribution is 0.0956. The zero-order valence-electron chi connectivity index (χ0n) is 11.4. The lowest BCUT2D eigenvalue weighted by Crippen LogP contribution is -2.32. The van der Waals surface area contributed by atoms with Gasteiger partial charge >= 0.3 is 0 Å². The Labute approximate surface area is 121 Å². The summed E-state index contributed by atoms with van der Waals surface area (Å²) < 4.78 is 14.6. The van der Waals surface area contributed by atoms with E-state index in [1.165, 1.54) is 16.7 Å². The van der Waals surface area contributed by atoms with Gasteiger partial charge in [-0.2, -0.15) is 0 Å². The van der Waals surface area contributed by atoms with Crippen LogP contribution in [0, 0.1) is 17.7 Å². The number of hydrogen-bond donors (Lipinski definition) is 1. The molecule has 5 heteroatoms. The predicted octanol–water partition coefficient (Wildman–Crippen LogP) is 1.31. The Morgan fingerprint density at radius 2 is 2.05 bits per heavy atom. The van der Waals surface area contributed by atoms with Crippen molar-refractivity contribution in [3.05, 3.63) is 69.9 Å². The standard InChI is InChI=1S/C16H13FN2O2/c1-19-11-5-8-13(16(19)21)15(20)18-10-4-7-12-6-2-3-9-14(12)17/h2-3,5-6,8-9,11H,10H2,1H3,(H,18,20). The van der Waals surface area contributed by atoms with Crippen molar-refractivity contribution in [3.8, 4) is 11.8 Å². The Hall–Kier alpha value is -2.87. The lowest BCUT2D eigenvalue weighted by atomic mass is 10.2. The summed E-state index contributed by atoms with van der Waals surface area (Å²) in [6.45, 7) is 0.0330. The van der Waals surface area contributed by atoms with Crippen molar-refractivity contribution in [1.82, 2.24) is 9.88 Å². The van der Waals surface area contributed by atoms with Gasteiger partial charge in [-0.1, -0.05) is 24.0 Å². The van der Waals surface area contributed by atoms with Crippen LogP contribution in [0.1, 0.15) is 15.9 Å². The number of aromatic nitrogens is 1. The molecule has 2 rings (SSSR count). The summed E-state index contributed by atoms with van der Waals surface area (Å²) in [5.74, 6) is 4.36. The Kier molecular flexibility index (Phi) is 4.52. The number of hydrogen-bond acceptors (Lipinski definition) is 2. The van der Waals surface area contributed by atoms with Gasteiger partial charge in [0.2, 0.25) is 0 Å². The van der Waals surface area contributed by atoms with Crippen LogP contribution >= 0.6 is 0 Å². The van der Waals surface area contributed by atoms with Gasteiger partial charge in [-0.3, -0.25) is 9.59 Å². The van der Waals surface area contributed by atoms with Crippen LogP contribution in [0.3, 0.4) is 0 Å². The summed E-state index contributed by atoms with van der Waals surface area (Å²) in [7, 11) is 1.57. The molecule has 0 unspecified atom stereocenters. The SMILES string of the molecule is Cn1cccc(C(=O)NCC#Cc2ccccc2F)c1=O. The van der Waals surface area contributed by atoms with Crippen LogP contribution in [-0.2, 0) is 7.05 Å². The highest BCUT2D eigenvalue weighted by Crippen LogP contribution is 2.03. The van der Waals surface area contributed by atoms with Crippen molar-refractivity contribution in [2.75, 3.05) is 6.54 Å². The van der Waals surface area contributed by atoms with Crippen LogP contribution in [0.2, 0.25) is 0 Å². The van der Waals surface area contributed by atoms with Gasteiger partial charge in [0.15, 0.2) is 0 Å². The van der Waals surface area contributed by atoms with Crippen molar-refractivity contribution < 1.29 is 9.18 Å². The Morgan fingerprint density at radius 3 is 2.81 bits per heavy atom. The number of nitrogens with one attached hydrogen (secondary N) is 1. The Bertz CT molecular complexity index is 785. The van der Waals surface area contributed by atoms with Gasteiger partial charge in [-0.05, 0) is 24.3 Å². The maximum atomic E-state index is 13.3. The topological polar surface area (TPSA) is 51.1 Å². The normalized spacial score (nSPS) is 9.62. The van der Waals surface area contributed by atoms with Gasteiger partial charge in [0.25, 0.3) is 11.5 Å². The van der Waals surface area contributed by atoms with Gasteiger partial charge in [0, 0.05) is 13.2 Å². The molecular weight excluding hydrogens is 271 g/mol. The van der Waals surface area contributed by atoms with E-state index in [4.69, 9.17) is 0 Å².